The third kappa shape index (κ3) is 2.81. The first-order chi connectivity index (χ1) is 8.58. The lowest BCUT2D eigenvalue weighted by atomic mass is 9.75. The molecule has 4 heteroatoms. The Labute approximate surface area is 107 Å². The van der Waals surface area contributed by atoms with E-state index in [-0.39, 0.29) is 5.92 Å². The van der Waals surface area contributed by atoms with Crippen LogP contribution in [0.2, 0.25) is 0 Å². The van der Waals surface area contributed by atoms with E-state index in [1.54, 1.807) is 6.20 Å². The van der Waals surface area contributed by atoms with Gasteiger partial charge in [0.1, 0.15) is 0 Å². The van der Waals surface area contributed by atoms with E-state index >= 15 is 0 Å². The van der Waals surface area contributed by atoms with E-state index in [0.717, 1.165) is 31.4 Å². The van der Waals surface area contributed by atoms with Gasteiger partial charge in [0, 0.05) is 11.6 Å². The van der Waals surface area contributed by atoms with Crippen molar-refractivity contribution >= 4 is 11.7 Å². The summed E-state index contributed by atoms with van der Waals surface area (Å²) in [4.78, 5) is 15.3. The quantitative estimate of drug-likeness (QED) is 0.862. The number of carbonyl (C=O) groups is 1. The minimum absolute atomic E-state index is 0.231. The monoisotopic (exact) mass is 248 g/mol. The Hall–Kier alpha value is -1.58. The summed E-state index contributed by atoms with van der Waals surface area (Å²) in [6.07, 6.45) is 5.70. The number of aromatic nitrogens is 1. The van der Waals surface area contributed by atoms with Crippen molar-refractivity contribution in [1.82, 2.24) is 4.98 Å². The summed E-state index contributed by atoms with van der Waals surface area (Å²) in [5, 5.41) is 9.02. The number of hydrogen-bond acceptors (Lipinski definition) is 3. The summed E-state index contributed by atoms with van der Waals surface area (Å²) in [5.74, 6) is -0.134. The van der Waals surface area contributed by atoms with Gasteiger partial charge in [0.15, 0.2) is 0 Å². The molecule has 1 fully saturated rings. The molecule has 1 aromatic heterocycles. The predicted molar refractivity (Wildman–Crippen MR) is 70.1 cm³/mol. The second kappa shape index (κ2) is 5.38. The Bertz CT molecular complexity index is 408. The van der Waals surface area contributed by atoms with E-state index in [9.17, 15) is 4.79 Å². The van der Waals surface area contributed by atoms with Gasteiger partial charge in [-0.2, -0.15) is 0 Å². The standard InChI is InChI=1S/C14H20N2O2/c1-9(14(17)18)10-2-4-11(5-3-10)13-7-6-12(15)8-16-13/h6-11H,2-5,15H2,1H3,(H,17,18). The number of carboxylic acid groups (broad SMARTS) is 1. The van der Waals surface area contributed by atoms with Crippen LogP contribution in [0.25, 0.3) is 0 Å². The Balaban J connectivity index is 1.94. The van der Waals surface area contributed by atoms with Gasteiger partial charge in [0.25, 0.3) is 0 Å². The van der Waals surface area contributed by atoms with Crippen molar-refractivity contribution in [2.24, 2.45) is 11.8 Å². The molecule has 1 aliphatic carbocycles. The summed E-state index contributed by atoms with van der Waals surface area (Å²) in [6.45, 7) is 1.81. The fourth-order valence-electron chi connectivity index (χ4n) is 2.77. The second-order valence-corrected chi connectivity index (χ2v) is 5.26. The van der Waals surface area contributed by atoms with Crippen LogP contribution in [0.15, 0.2) is 18.3 Å². The molecule has 1 atom stereocenters. The van der Waals surface area contributed by atoms with Crippen molar-refractivity contribution < 1.29 is 9.90 Å². The van der Waals surface area contributed by atoms with E-state index in [4.69, 9.17) is 10.8 Å². The highest BCUT2D eigenvalue weighted by Crippen LogP contribution is 2.38. The SMILES string of the molecule is CC(C(=O)O)C1CCC(c2ccc(N)cn2)CC1. The zero-order valence-electron chi connectivity index (χ0n) is 10.7. The van der Waals surface area contributed by atoms with Crippen LogP contribution in [-0.4, -0.2) is 16.1 Å². The van der Waals surface area contributed by atoms with Crippen molar-refractivity contribution in [2.75, 3.05) is 5.73 Å². The zero-order chi connectivity index (χ0) is 13.1. The topological polar surface area (TPSA) is 76.2 Å². The summed E-state index contributed by atoms with van der Waals surface area (Å²) in [6, 6.07) is 3.87. The van der Waals surface area contributed by atoms with Crippen LogP contribution in [0, 0.1) is 11.8 Å². The van der Waals surface area contributed by atoms with Gasteiger partial charge in [-0.1, -0.05) is 6.92 Å². The molecule has 0 amide bonds. The zero-order valence-corrected chi connectivity index (χ0v) is 10.7. The molecule has 1 unspecified atom stereocenters. The molecule has 98 valence electrons. The first-order valence-electron chi connectivity index (χ1n) is 6.52. The highest BCUT2D eigenvalue weighted by atomic mass is 16.4. The van der Waals surface area contributed by atoms with Crippen molar-refractivity contribution in [3.05, 3.63) is 24.0 Å². The number of rotatable bonds is 3. The summed E-state index contributed by atoms with van der Waals surface area (Å²) < 4.78 is 0. The van der Waals surface area contributed by atoms with E-state index in [2.05, 4.69) is 4.98 Å². The fourth-order valence-corrected chi connectivity index (χ4v) is 2.77. The molecule has 18 heavy (non-hydrogen) atoms. The molecule has 3 N–H and O–H groups in total. The number of pyridine rings is 1. The van der Waals surface area contributed by atoms with E-state index in [0.29, 0.717) is 17.5 Å². The van der Waals surface area contributed by atoms with Crippen LogP contribution in [0.1, 0.15) is 44.2 Å². The normalized spacial score (nSPS) is 25.6. The maximum atomic E-state index is 11.0. The fraction of sp³-hybridized carbons (Fsp3) is 0.571. The van der Waals surface area contributed by atoms with E-state index < -0.39 is 5.97 Å². The Morgan fingerprint density at radius 3 is 2.56 bits per heavy atom. The predicted octanol–water partition coefficient (Wildman–Crippen LogP) is 2.66. The van der Waals surface area contributed by atoms with Crippen LogP contribution in [0.5, 0.6) is 0 Å². The van der Waals surface area contributed by atoms with Crippen molar-refractivity contribution in [3.63, 3.8) is 0 Å². The summed E-state index contributed by atoms with van der Waals surface area (Å²) >= 11 is 0. The van der Waals surface area contributed by atoms with Crippen molar-refractivity contribution in [1.29, 1.82) is 0 Å². The molecule has 0 bridgehead atoms. The van der Waals surface area contributed by atoms with Gasteiger partial charge in [-0.15, -0.1) is 0 Å². The third-order valence-electron chi connectivity index (χ3n) is 4.10. The number of nitrogens with two attached hydrogens (primary N) is 1. The van der Waals surface area contributed by atoms with Crippen molar-refractivity contribution in [2.45, 2.75) is 38.5 Å². The number of nitrogen functional groups attached to an aromatic ring is 1. The molecular weight excluding hydrogens is 228 g/mol. The lowest BCUT2D eigenvalue weighted by molar-refractivity contribution is -0.143. The molecule has 0 spiro atoms. The maximum absolute atomic E-state index is 11.0. The molecule has 0 aromatic carbocycles. The minimum Gasteiger partial charge on any atom is -0.481 e. The van der Waals surface area contributed by atoms with Crippen molar-refractivity contribution in [3.8, 4) is 0 Å². The maximum Gasteiger partial charge on any atom is 0.306 e. The van der Waals surface area contributed by atoms with Gasteiger partial charge in [0.2, 0.25) is 0 Å². The average molecular weight is 248 g/mol. The first kappa shape index (κ1) is 12.9. The first-order valence-corrected chi connectivity index (χ1v) is 6.52. The highest BCUT2D eigenvalue weighted by Gasteiger charge is 2.29. The number of aliphatic carboxylic acids is 1. The minimum atomic E-state index is -0.677. The van der Waals surface area contributed by atoms with Crippen LogP contribution < -0.4 is 5.73 Å². The molecule has 0 aliphatic heterocycles. The molecule has 1 saturated carbocycles. The largest absolute Gasteiger partial charge is 0.481 e. The summed E-state index contributed by atoms with van der Waals surface area (Å²) in [5.41, 5.74) is 7.40. The van der Waals surface area contributed by atoms with Gasteiger partial charge in [-0.05, 0) is 43.7 Å². The molecule has 1 aliphatic rings. The smallest absolute Gasteiger partial charge is 0.306 e. The lowest BCUT2D eigenvalue weighted by Gasteiger charge is -2.30. The van der Waals surface area contributed by atoms with Crippen LogP contribution in [0.3, 0.4) is 0 Å². The number of hydrogen-bond donors (Lipinski definition) is 2. The number of anilines is 1. The lowest BCUT2D eigenvalue weighted by Crippen LogP contribution is -2.25. The third-order valence-corrected chi connectivity index (χ3v) is 4.10. The Morgan fingerprint density at radius 2 is 2.06 bits per heavy atom. The van der Waals surface area contributed by atoms with E-state index in [1.165, 1.54) is 0 Å². The molecule has 1 heterocycles. The van der Waals surface area contributed by atoms with Crippen LogP contribution >= 0.6 is 0 Å². The second-order valence-electron chi connectivity index (χ2n) is 5.26. The summed E-state index contributed by atoms with van der Waals surface area (Å²) in [7, 11) is 0. The van der Waals surface area contributed by atoms with Gasteiger partial charge in [0.05, 0.1) is 17.8 Å². The average Bonchev–Trinajstić information content (AvgIpc) is 2.39. The number of carboxylic acids is 1. The Kier molecular flexibility index (Phi) is 3.84. The molecule has 2 rings (SSSR count). The molecule has 4 nitrogen and oxygen atoms in total. The van der Waals surface area contributed by atoms with Gasteiger partial charge in [-0.25, -0.2) is 0 Å². The molecular formula is C14H20N2O2. The number of nitrogens with zero attached hydrogens (tertiary/aromatic N) is 1. The molecule has 1 aromatic rings. The molecule has 0 saturated heterocycles. The van der Waals surface area contributed by atoms with Crippen LogP contribution in [-0.2, 0) is 4.79 Å². The molecule has 0 radical (unpaired) electrons. The van der Waals surface area contributed by atoms with Crippen LogP contribution in [0.4, 0.5) is 5.69 Å². The van der Waals surface area contributed by atoms with Gasteiger partial charge >= 0.3 is 5.97 Å². The Morgan fingerprint density at radius 1 is 1.39 bits per heavy atom. The van der Waals surface area contributed by atoms with Gasteiger partial charge in [-0.3, -0.25) is 9.78 Å². The highest BCUT2D eigenvalue weighted by molar-refractivity contribution is 5.69. The van der Waals surface area contributed by atoms with Gasteiger partial charge < -0.3 is 10.8 Å². The van der Waals surface area contributed by atoms with E-state index in [1.807, 2.05) is 19.1 Å².